The molecule has 0 unspecified atom stereocenters. The zero-order valence-corrected chi connectivity index (χ0v) is 22.2. The first kappa shape index (κ1) is 27.9. The normalized spacial score (nSPS) is 11.7. The predicted octanol–water partition coefficient (Wildman–Crippen LogP) is 5.30. The number of amides is 2. The van der Waals surface area contributed by atoms with Crippen molar-refractivity contribution in [3.8, 4) is 0 Å². The van der Waals surface area contributed by atoms with Gasteiger partial charge in [-0.3, -0.25) is 19.7 Å². The number of hydrogen-bond donors (Lipinski definition) is 1. The fourth-order valence-electron chi connectivity index (χ4n) is 3.99. The summed E-state index contributed by atoms with van der Waals surface area (Å²) >= 11 is 1.43. The molecule has 0 saturated carbocycles. The summed E-state index contributed by atoms with van der Waals surface area (Å²) in [7, 11) is 0. The Balaban J connectivity index is 1.82. The molecule has 0 heterocycles. The van der Waals surface area contributed by atoms with Gasteiger partial charge in [0.15, 0.2) is 0 Å². The zero-order chi connectivity index (χ0) is 26.8. The molecule has 37 heavy (non-hydrogen) atoms. The van der Waals surface area contributed by atoms with Gasteiger partial charge in [-0.15, -0.1) is 11.8 Å². The third-order valence-electron chi connectivity index (χ3n) is 5.78. The van der Waals surface area contributed by atoms with E-state index in [0.29, 0.717) is 18.7 Å². The molecular weight excluding hydrogens is 486 g/mol. The molecule has 8 heteroatoms. The maximum Gasteiger partial charge on any atom is 0.269 e. The van der Waals surface area contributed by atoms with Crippen molar-refractivity contribution in [3.63, 3.8) is 0 Å². The summed E-state index contributed by atoms with van der Waals surface area (Å²) in [6.07, 6.45) is 0.407. The molecule has 0 saturated heterocycles. The van der Waals surface area contributed by atoms with Crippen LogP contribution in [0.4, 0.5) is 5.69 Å². The molecule has 0 aliphatic carbocycles. The predicted molar refractivity (Wildman–Crippen MR) is 148 cm³/mol. The number of rotatable bonds is 12. The van der Waals surface area contributed by atoms with Gasteiger partial charge in [0, 0.05) is 36.9 Å². The van der Waals surface area contributed by atoms with Crippen molar-refractivity contribution in [3.05, 3.63) is 111 Å². The maximum atomic E-state index is 13.6. The Morgan fingerprint density at radius 1 is 0.946 bits per heavy atom. The van der Waals surface area contributed by atoms with Crippen LogP contribution in [-0.2, 0) is 28.3 Å². The van der Waals surface area contributed by atoms with Crippen molar-refractivity contribution >= 4 is 29.3 Å². The number of aryl methyl sites for hydroxylation is 1. The second-order valence-corrected chi connectivity index (χ2v) is 10.3. The van der Waals surface area contributed by atoms with Gasteiger partial charge in [-0.2, -0.15) is 0 Å². The van der Waals surface area contributed by atoms with Crippen LogP contribution in [0.3, 0.4) is 0 Å². The summed E-state index contributed by atoms with van der Waals surface area (Å²) in [5.74, 6) is 0.403. The minimum atomic E-state index is -0.669. The van der Waals surface area contributed by atoms with Crippen LogP contribution >= 0.6 is 11.8 Å². The summed E-state index contributed by atoms with van der Waals surface area (Å²) in [5.41, 5.74) is 3.96. The first-order chi connectivity index (χ1) is 17.7. The molecule has 0 aliphatic rings. The Kier molecular flexibility index (Phi) is 10.3. The molecular formula is C29H33N3O4S. The molecule has 0 spiro atoms. The minimum absolute atomic E-state index is 0.0362. The first-order valence-electron chi connectivity index (χ1n) is 12.2. The number of nitrogens with one attached hydrogen (secondary N) is 1. The first-order valence-corrected chi connectivity index (χ1v) is 13.4. The lowest BCUT2D eigenvalue weighted by molar-refractivity contribution is -0.384. The van der Waals surface area contributed by atoms with E-state index >= 15 is 0 Å². The van der Waals surface area contributed by atoms with E-state index in [0.717, 1.165) is 22.3 Å². The highest BCUT2D eigenvalue weighted by molar-refractivity contribution is 7.99. The van der Waals surface area contributed by atoms with Crippen LogP contribution in [-0.4, -0.2) is 39.5 Å². The highest BCUT2D eigenvalue weighted by Gasteiger charge is 2.30. The summed E-state index contributed by atoms with van der Waals surface area (Å²) in [4.78, 5) is 39.1. The van der Waals surface area contributed by atoms with Gasteiger partial charge in [-0.25, -0.2) is 0 Å². The molecule has 0 fully saturated rings. The Morgan fingerprint density at radius 3 is 2.24 bits per heavy atom. The number of thioether (sulfide) groups is 1. The topological polar surface area (TPSA) is 92.6 Å². The van der Waals surface area contributed by atoms with E-state index in [1.807, 2.05) is 75.4 Å². The van der Waals surface area contributed by atoms with Crippen molar-refractivity contribution in [1.29, 1.82) is 0 Å². The molecule has 3 aromatic rings. The Hall–Kier alpha value is -3.65. The van der Waals surface area contributed by atoms with E-state index in [1.165, 1.54) is 23.9 Å². The average Bonchev–Trinajstić information content (AvgIpc) is 2.86. The second-order valence-electron chi connectivity index (χ2n) is 9.30. The molecule has 3 rings (SSSR count). The molecule has 2 amide bonds. The summed E-state index contributed by atoms with van der Waals surface area (Å²) < 4.78 is 0. The molecule has 0 bridgehead atoms. The number of non-ortho nitro benzene ring substituents is 1. The van der Waals surface area contributed by atoms with Crippen LogP contribution in [0.1, 0.15) is 36.1 Å². The van der Waals surface area contributed by atoms with Gasteiger partial charge < -0.3 is 10.2 Å². The third-order valence-corrected chi connectivity index (χ3v) is 6.77. The Bertz CT molecular complexity index is 1200. The maximum absolute atomic E-state index is 13.6. The Labute approximate surface area is 222 Å². The van der Waals surface area contributed by atoms with E-state index in [2.05, 4.69) is 5.32 Å². The van der Waals surface area contributed by atoms with E-state index in [1.54, 1.807) is 17.0 Å². The lowest BCUT2D eigenvalue weighted by Gasteiger charge is -2.32. The second kappa shape index (κ2) is 13.6. The Morgan fingerprint density at radius 2 is 1.62 bits per heavy atom. The van der Waals surface area contributed by atoms with Gasteiger partial charge in [-0.1, -0.05) is 72.3 Å². The number of hydrogen-bond acceptors (Lipinski definition) is 5. The zero-order valence-electron chi connectivity index (χ0n) is 21.4. The van der Waals surface area contributed by atoms with E-state index in [4.69, 9.17) is 0 Å². The molecule has 0 aromatic heterocycles. The van der Waals surface area contributed by atoms with Crippen LogP contribution in [0.5, 0.6) is 0 Å². The van der Waals surface area contributed by atoms with Crippen LogP contribution in [0.2, 0.25) is 0 Å². The SMILES string of the molecule is Cc1cccc(CN(C(=O)CSCc2ccc([N+](=O)[O-])cc2)[C@H](Cc2ccccc2)C(=O)NC(C)C)c1. The number of benzene rings is 3. The fraction of sp³-hybridized carbons (Fsp3) is 0.310. The molecule has 0 aliphatic heterocycles. The van der Waals surface area contributed by atoms with Gasteiger partial charge >= 0.3 is 0 Å². The standard InChI is InChI=1S/C29H33N3O4S/c1-21(2)30-29(34)27(17-23-9-5-4-6-10-23)31(18-25-11-7-8-22(3)16-25)28(33)20-37-19-24-12-14-26(15-13-24)32(35)36/h4-16,21,27H,17-20H2,1-3H3,(H,30,34)/t27-/m1/s1. The van der Waals surface area contributed by atoms with Crippen LogP contribution in [0.15, 0.2) is 78.9 Å². The van der Waals surface area contributed by atoms with Gasteiger partial charge in [0.05, 0.1) is 10.7 Å². The average molecular weight is 520 g/mol. The number of carbonyl (C=O) groups is 2. The molecule has 3 aromatic carbocycles. The molecule has 1 atom stereocenters. The van der Waals surface area contributed by atoms with Crippen molar-refractivity contribution in [2.24, 2.45) is 0 Å². The molecule has 7 nitrogen and oxygen atoms in total. The largest absolute Gasteiger partial charge is 0.352 e. The highest BCUT2D eigenvalue weighted by atomic mass is 32.2. The van der Waals surface area contributed by atoms with Gasteiger partial charge in [-0.05, 0) is 37.5 Å². The van der Waals surface area contributed by atoms with Gasteiger partial charge in [0.1, 0.15) is 6.04 Å². The van der Waals surface area contributed by atoms with E-state index in [9.17, 15) is 19.7 Å². The van der Waals surface area contributed by atoms with Crippen molar-refractivity contribution in [2.75, 3.05) is 5.75 Å². The molecule has 194 valence electrons. The number of nitro benzene ring substituents is 1. The van der Waals surface area contributed by atoms with Crippen LogP contribution in [0.25, 0.3) is 0 Å². The lowest BCUT2D eigenvalue weighted by Crippen LogP contribution is -2.52. The van der Waals surface area contributed by atoms with Crippen LogP contribution < -0.4 is 5.32 Å². The fourth-order valence-corrected chi connectivity index (χ4v) is 4.87. The molecule has 0 radical (unpaired) electrons. The van der Waals surface area contributed by atoms with Crippen molar-refractivity contribution < 1.29 is 14.5 Å². The third kappa shape index (κ3) is 8.75. The van der Waals surface area contributed by atoms with E-state index < -0.39 is 11.0 Å². The quantitative estimate of drug-likeness (QED) is 0.259. The lowest BCUT2D eigenvalue weighted by atomic mass is 10.0. The van der Waals surface area contributed by atoms with Gasteiger partial charge in [0.25, 0.3) is 5.69 Å². The summed E-state index contributed by atoms with van der Waals surface area (Å²) in [5, 5.41) is 13.9. The minimum Gasteiger partial charge on any atom is -0.352 e. The highest BCUT2D eigenvalue weighted by Crippen LogP contribution is 2.20. The van der Waals surface area contributed by atoms with E-state index in [-0.39, 0.29) is 29.3 Å². The monoisotopic (exact) mass is 519 g/mol. The number of carbonyl (C=O) groups excluding carboxylic acids is 2. The van der Waals surface area contributed by atoms with Gasteiger partial charge in [0.2, 0.25) is 11.8 Å². The van der Waals surface area contributed by atoms with Crippen molar-refractivity contribution in [2.45, 2.75) is 51.6 Å². The number of nitrogens with zero attached hydrogens (tertiary/aromatic N) is 2. The molecule has 1 N–H and O–H groups in total. The number of nitro groups is 1. The van der Waals surface area contributed by atoms with Crippen molar-refractivity contribution in [1.82, 2.24) is 10.2 Å². The van der Waals surface area contributed by atoms with Crippen LogP contribution in [0, 0.1) is 17.0 Å². The smallest absolute Gasteiger partial charge is 0.269 e. The summed E-state index contributed by atoms with van der Waals surface area (Å²) in [6.45, 7) is 6.14. The summed E-state index contributed by atoms with van der Waals surface area (Å²) in [6, 6.07) is 23.3.